The molecule has 3 N–H and O–H groups in total. The lowest BCUT2D eigenvalue weighted by atomic mass is 10.2. The van der Waals surface area contributed by atoms with Crippen molar-refractivity contribution in [1.29, 1.82) is 0 Å². The number of nitrogens with two attached hydrogens (primary N) is 1. The molecule has 0 bridgehead atoms. The summed E-state index contributed by atoms with van der Waals surface area (Å²) in [4.78, 5) is 6.46. The smallest absolute Gasteiger partial charge is 0.188 e. The highest BCUT2D eigenvalue weighted by Gasteiger charge is 2.16. The van der Waals surface area contributed by atoms with Crippen molar-refractivity contribution in [3.63, 3.8) is 0 Å². The lowest BCUT2D eigenvalue weighted by Gasteiger charge is -2.29. The summed E-state index contributed by atoms with van der Waals surface area (Å²) in [6.45, 7) is 3.85. The number of amidine groups is 1. The Balaban J connectivity index is 3.00. The van der Waals surface area contributed by atoms with E-state index in [9.17, 15) is 0 Å². The van der Waals surface area contributed by atoms with Crippen LogP contribution in [-0.2, 0) is 9.47 Å². The van der Waals surface area contributed by atoms with Gasteiger partial charge in [0.15, 0.2) is 5.84 Å². The van der Waals surface area contributed by atoms with E-state index < -0.39 is 0 Å². The summed E-state index contributed by atoms with van der Waals surface area (Å²) >= 11 is 0. The largest absolute Gasteiger partial charge is 0.409 e. The van der Waals surface area contributed by atoms with Crippen LogP contribution in [0.5, 0.6) is 0 Å². The number of hydrogen-bond donors (Lipinski definition) is 2. The third-order valence-corrected chi connectivity index (χ3v) is 2.88. The SMILES string of the molecule is COCCN(c1cccc(C(N)=NO)n1)C(C)COC. The molecule has 7 nitrogen and oxygen atoms in total. The molecule has 0 aliphatic rings. The molecule has 7 heteroatoms. The average Bonchev–Trinajstić information content (AvgIpc) is 2.47. The Morgan fingerprint density at radius 2 is 2.20 bits per heavy atom. The number of methoxy groups -OCH3 is 2. The molecular weight excluding hydrogens is 260 g/mol. The summed E-state index contributed by atoms with van der Waals surface area (Å²) in [5.74, 6) is 0.716. The quantitative estimate of drug-likeness (QED) is 0.315. The Morgan fingerprint density at radius 3 is 2.80 bits per heavy atom. The monoisotopic (exact) mass is 282 g/mol. The van der Waals surface area contributed by atoms with Gasteiger partial charge in [-0.25, -0.2) is 4.98 Å². The first-order valence-corrected chi connectivity index (χ1v) is 6.33. The van der Waals surface area contributed by atoms with Gasteiger partial charge in [-0.15, -0.1) is 0 Å². The summed E-state index contributed by atoms with van der Waals surface area (Å²) in [7, 11) is 3.31. The van der Waals surface area contributed by atoms with Gasteiger partial charge in [-0.1, -0.05) is 11.2 Å². The topological polar surface area (TPSA) is 93.2 Å². The predicted molar refractivity (Wildman–Crippen MR) is 77.3 cm³/mol. The highest BCUT2D eigenvalue weighted by Crippen LogP contribution is 2.15. The number of hydrogen-bond acceptors (Lipinski definition) is 6. The van der Waals surface area contributed by atoms with Crippen molar-refractivity contribution < 1.29 is 14.7 Å². The van der Waals surface area contributed by atoms with Crippen LogP contribution in [0.15, 0.2) is 23.4 Å². The molecule has 1 heterocycles. The maximum absolute atomic E-state index is 8.72. The van der Waals surface area contributed by atoms with Gasteiger partial charge in [0.1, 0.15) is 11.5 Å². The standard InChI is InChI=1S/C13H22N4O3/c1-10(9-20-3)17(7-8-19-2)12-6-4-5-11(15-12)13(14)16-18/h4-6,10,18H,7-9H2,1-3H3,(H2,14,16). The number of aromatic nitrogens is 1. The fraction of sp³-hybridized carbons (Fsp3) is 0.538. The molecule has 1 rings (SSSR count). The van der Waals surface area contributed by atoms with E-state index in [1.807, 2.05) is 19.1 Å². The normalized spacial score (nSPS) is 13.2. The molecule has 1 aromatic rings. The summed E-state index contributed by atoms with van der Waals surface area (Å²) in [5.41, 5.74) is 6.00. The Kier molecular flexibility index (Phi) is 6.75. The van der Waals surface area contributed by atoms with Crippen LogP contribution in [0.3, 0.4) is 0 Å². The fourth-order valence-corrected chi connectivity index (χ4v) is 1.86. The second kappa shape index (κ2) is 8.34. The highest BCUT2D eigenvalue weighted by atomic mass is 16.5. The molecule has 0 saturated heterocycles. The molecule has 0 spiro atoms. The maximum Gasteiger partial charge on any atom is 0.188 e. The summed E-state index contributed by atoms with van der Waals surface area (Å²) in [5, 5.41) is 11.7. The summed E-state index contributed by atoms with van der Waals surface area (Å²) in [6.07, 6.45) is 0. The molecule has 0 fully saturated rings. The van der Waals surface area contributed by atoms with Gasteiger partial charge < -0.3 is 25.3 Å². The third-order valence-electron chi connectivity index (χ3n) is 2.88. The lowest BCUT2D eigenvalue weighted by Crippen LogP contribution is -2.39. The van der Waals surface area contributed by atoms with Crippen molar-refractivity contribution in [3.8, 4) is 0 Å². The highest BCUT2D eigenvalue weighted by molar-refractivity contribution is 5.95. The van der Waals surface area contributed by atoms with Crippen LogP contribution in [0, 0.1) is 0 Å². The zero-order chi connectivity index (χ0) is 15.0. The zero-order valence-electron chi connectivity index (χ0n) is 12.1. The van der Waals surface area contributed by atoms with E-state index in [1.165, 1.54) is 0 Å². The van der Waals surface area contributed by atoms with Crippen LogP contribution in [0.2, 0.25) is 0 Å². The van der Waals surface area contributed by atoms with E-state index in [-0.39, 0.29) is 11.9 Å². The number of pyridine rings is 1. The summed E-state index contributed by atoms with van der Waals surface area (Å²) in [6, 6.07) is 5.50. The van der Waals surface area contributed by atoms with Gasteiger partial charge in [0, 0.05) is 20.8 Å². The molecule has 0 amide bonds. The molecule has 1 unspecified atom stereocenters. The first-order chi connectivity index (χ1) is 9.63. The lowest BCUT2D eigenvalue weighted by molar-refractivity contribution is 0.170. The molecule has 20 heavy (non-hydrogen) atoms. The molecule has 0 aliphatic heterocycles. The van der Waals surface area contributed by atoms with Gasteiger partial charge in [-0.2, -0.15) is 0 Å². The minimum Gasteiger partial charge on any atom is -0.409 e. The van der Waals surface area contributed by atoms with Crippen LogP contribution >= 0.6 is 0 Å². The van der Waals surface area contributed by atoms with Gasteiger partial charge in [-0.3, -0.25) is 0 Å². The molecule has 0 aromatic carbocycles. The van der Waals surface area contributed by atoms with Gasteiger partial charge in [-0.05, 0) is 19.1 Å². The number of ether oxygens (including phenoxy) is 2. The van der Waals surface area contributed by atoms with E-state index in [0.717, 1.165) is 5.82 Å². The van der Waals surface area contributed by atoms with Crippen molar-refractivity contribution in [3.05, 3.63) is 23.9 Å². The minimum absolute atomic E-state index is 0.0158. The van der Waals surface area contributed by atoms with Crippen LogP contribution in [0.25, 0.3) is 0 Å². The van der Waals surface area contributed by atoms with Crippen molar-refractivity contribution >= 4 is 11.7 Å². The molecule has 1 atom stereocenters. The van der Waals surface area contributed by atoms with Crippen molar-refractivity contribution in [1.82, 2.24) is 4.98 Å². The first-order valence-electron chi connectivity index (χ1n) is 6.33. The third kappa shape index (κ3) is 4.36. The number of nitrogens with zero attached hydrogens (tertiary/aromatic N) is 3. The molecular formula is C13H22N4O3. The van der Waals surface area contributed by atoms with Crippen LogP contribution in [-0.4, -0.2) is 56.0 Å². The van der Waals surface area contributed by atoms with E-state index in [1.54, 1.807) is 20.3 Å². The van der Waals surface area contributed by atoms with E-state index in [0.29, 0.717) is 25.5 Å². The Morgan fingerprint density at radius 1 is 1.45 bits per heavy atom. The molecule has 0 radical (unpaired) electrons. The van der Waals surface area contributed by atoms with Gasteiger partial charge >= 0.3 is 0 Å². The number of anilines is 1. The molecule has 1 aromatic heterocycles. The number of oxime groups is 1. The molecule has 0 saturated carbocycles. The van der Waals surface area contributed by atoms with Crippen LogP contribution in [0.4, 0.5) is 5.82 Å². The summed E-state index contributed by atoms with van der Waals surface area (Å²) < 4.78 is 10.3. The van der Waals surface area contributed by atoms with Crippen molar-refractivity contribution in [2.45, 2.75) is 13.0 Å². The average molecular weight is 282 g/mol. The van der Waals surface area contributed by atoms with Crippen molar-refractivity contribution in [2.24, 2.45) is 10.9 Å². The van der Waals surface area contributed by atoms with Gasteiger partial charge in [0.05, 0.1) is 19.3 Å². The minimum atomic E-state index is -0.0158. The van der Waals surface area contributed by atoms with Gasteiger partial charge in [0.2, 0.25) is 0 Å². The first kappa shape index (κ1) is 16.2. The molecule has 0 aliphatic carbocycles. The Hall–Kier alpha value is -1.86. The van der Waals surface area contributed by atoms with E-state index in [2.05, 4.69) is 15.0 Å². The van der Waals surface area contributed by atoms with Gasteiger partial charge in [0.25, 0.3) is 0 Å². The number of rotatable bonds is 8. The second-order valence-corrected chi connectivity index (χ2v) is 4.36. The Bertz CT molecular complexity index is 439. The Labute approximate surface area is 119 Å². The van der Waals surface area contributed by atoms with Crippen LogP contribution in [0.1, 0.15) is 12.6 Å². The zero-order valence-corrected chi connectivity index (χ0v) is 12.1. The van der Waals surface area contributed by atoms with E-state index >= 15 is 0 Å². The van der Waals surface area contributed by atoms with E-state index in [4.69, 9.17) is 20.4 Å². The second-order valence-electron chi connectivity index (χ2n) is 4.36. The van der Waals surface area contributed by atoms with Crippen molar-refractivity contribution in [2.75, 3.05) is 38.9 Å². The predicted octanol–water partition coefficient (Wildman–Crippen LogP) is 0.664. The van der Waals surface area contributed by atoms with Crippen LogP contribution < -0.4 is 10.6 Å². The molecule has 112 valence electrons. The fourth-order valence-electron chi connectivity index (χ4n) is 1.86. The maximum atomic E-state index is 8.72.